The van der Waals surface area contributed by atoms with Crippen LogP contribution in [0.15, 0.2) is 52.0 Å². The molecule has 0 atom stereocenters. The van der Waals surface area contributed by atoms with Gasteiger partial charge in [-0.15, -0.1) is 0 Å². The molecule has 0 spiro atoms. The van der Waals surface area contributed by atoms with Crippen molar-refractivity contribution >= 4 is 17.3 Å². The van der Waals surface area contributed by atoms with Crippen LogP contribution in [-0.2, 0) is 6.18 Å². The molecule has 26 heavy (non-hydrogen) atoms. The summed E-state index contributed by atoms with van der Waals surface area (Å²) < 4.78 is 40.0. The lowest BCUT2D eigenvalue weighted by Gasteiger charge is -2.16. The zero-order chi connectivity index (χ0) is 19.1. The van der Waals surface area contributed by atoms with Crippen molar-refractivity contribution in [2.75, 3.05) is 0 Å². The highest BCUT2D eigenvalue weighted by Crippen LogP contribution is 2.31. The van der Waals surface area contributed by atoms with Crippen LogP contribution in [0.3, 0.4) is 0 Å². The molecule has 1 aromatic carbocycles. The lowest BCUT2D eigenvalue weighted by atomic mass is 10.0. The monoisotopic (exact) mass is 379 g/mol. The summed E-state index contributed by atoms with van der Waals surface area (Å²) >= 11 is 1.39. The van der Waals surface area contributed by atoms with Crippen LogP contribution in [0.5, 0.6) is 0 Å². The molecule has 3 rings (SSSR count). The molecule has 0 unspecified atom stereocenters. The average molecular weight is 379 g/mol. The number of carboxylic acids is 1. The van der Waals surface area contributed by atoms with E-state index in [2.05, 4.69) is 0 Å². The number of carbonyl (C=O) groups is 1. The number of alkyl halides is 3. The number of hydrogen-bond donors (Lipinski definition) is 1. The average Bonchev–Trinajstić information content (AvgIpc) is 3.08. The highest BCUT2D eigenvalue weighted by molar-refractivity contribution is 7.08. The van der Waals surface area contributed by atoms with Crippen molar-refractivity contribution in [2.24, 2.45) is 0 Å². The standard InChI is InChI=1S/C18H12F3NO3S/c1-10-14(11-5-6-26-9-11)8-15(17(24)25)16(23)22(10)13-4-2-3-12(7-13)18(19,20)21/h2-9H,1H3,(H,24,25). The van der Waals surface area contributed by atoms with Crippen molar-refractivity contribution < 1.29 is 23.1 Å². The lowest BCUT2D eigenvalue weighted by Crippen LogP contribution is -2.27. The van der Waals surface area contributed by atoms with Gasteiger partial charge in [-0.2, -0.15) is 24.5 Å². The predicted octanol–water partition coefficient (Wildman–Crippen LogP) is 4.59. The van der Waals surface area contributed by atoms with Crippen LogP contribution in [0.2, 0.25) is 0 Å². The Morgan fingerprint density at radius 1 is 1.19 bits per heavy atom. The largest absolute Gasteiger partial charge is 0.477 e. The zero-order valence-corrected chi connectivity index (χ0v) is 14.2. The molecule has 0 aliphatic heterocycles. The number of carboxylic acid groups (broad SMARTS) is 1. The third-order valence-corrected chi connectivity index (χ3v) is 4.62. The van der Waals surface area contributed by atoms with Gasteiger partial charge in [0.2, 0.25) is 0 Å². The minimum atomic E-state index is -4.58. The van der Waals surface area contributed by atoms with E-state index in [1.165, 1.54) is 29.5 Å². The predicted molar refractivity (Wildman–Crippen MR) is 92.1 cm³/mol. The summed E-state index contributed by atoms with van der Waals surface area (Å²) in [4.78, 5) is 24.1. The molecule has 0 fully saturated rings. The molecular weight excluding hydrogens is 367 g/mol. The maximum Gasteiger partial charge on any atom is 0.416 e. The fourth-order valence-corrected chi connectivity index (χ4v) is 3.36. The number of hydrogen-bond acceptors (Lipinski definition) is 3. The first-order valence-electron chi connectivity index (χ1n) is 7.40. The van der Waals surface area contributed by atoms with Crippen LogP contribution < -0.4 is 5.56 Å². The molecule has 0 radical (unpaired) electrons. The molecule has 2 heterocycles. The van der Waals surface area contributed by atoms with E-state index in [0.29, 0.717) is 16.8 Å². The normalized spacial score (nSPS) is 11.5. The van der Waals surface area contributed by atoms with Gasteiger partial charge in [0.1, 0.15) is 5.56 Å². The molecule has 4 nitrogen and oxygen atoms in total. The summed E-state index contributed by atoms with van der Waals surface area (Å²) in [5.41, 5.74) is -0.822. The van der Waals surface area contributed by atoms with Crippen LogP contribution in [0.1, 0.15) is 21.6 Å². The molecule has 0 saturated carbocycles. The van der Waals surface area contributed by atoms with E-state index in [1.54, 1.807) is 23.8 Å². The first kappa shape index (κ1) is 17.9. The fraction of sp³-hybridized carbons (Fsp3) is 0.111. The Bertz CT molecular complexity index is 1040. The molecule has 0 aliphatic carbocycles. The first-order chi connectivity index (χ1) is 12.2. The second-order valence-electron chi connectivity index (χ2n) is 5.56. The van der Waals surface area contributed by atoms with Gasteiger partial charge in [0.05, 0.1) is 5.56 Å². The number of halogens is 3. The van der Waals surface area contributed by atoms with E-state index in [0.717, 1.165) is 16.7 Å². The molecule has 0 bridgehead atoms. The molecule has 0 saturated heterocycles. The van der Waals surface area contributed by atoms with Gasteiger partial charge >= 0.3 is 12.1 Å². The van der Waals surface area contributed by atoms with Gasteiger partial charge in [-0.05, 0) is 53.6 Å². The highest BCUT2D eigenvalue weighted by atomic mass is 32.1. The van der Waals surface area contributed by atoms with Gasteiger partial charge in [-0.3, -0.25) is 9.36 Å². The summed E-state index contributed by atoms with van der Waals surface area (Å²) in [5, 5.41) is 12.9. The molecule has 0 amide bonds. The van der Waals surface area contributed by atoms with Crippen molar-refractivity contribution in [1.82, 2.24) is 4.57 Å². The van der Waals surface area contributed by atoms with E-state index < -0.39 is 28.8 Å². The molecule has 2 aromatic heterocycles. The Morgan fingerprint density at radius 3 is 2.50 bits per heavy atom. The van der Waals surface area contributed by atoms with Gasteiger partial charge < -0.3 is 5.11 Å². The fourth-order valence-electron chi connectivity index (χ4n) is 2.70. The number of nitrogens with zero attached hydrogens (tertiary/aromatic N) is 1. The Balaban J connectivity index is 2.34. The Kier molecular flexibility index (Phi) is 4.45. The molecule has 3 aromatic rings. The highest BCUT2D eigenvalue weighted by Gasteiger charge is 2.31. The van der Waals surface area contributed by atoms with Crippen LogP contribution >= 0.6 is 11.3 Å². The topological polar surface area (TPSA) is 59.3 Å². The quantitative estimate of drug-likeness (QED) is 0.724. The number of aromatic nitrogens is 1. The van der Waals surface area contributed by atoms with Crippen molar-refractivity contribution in [1.29, 1.82) is 0 Å². The van der Waals surface area contributed by atoms with Gasteiger partial charge in [-0.1, -0.05) is 6.07 Å². The van der Waals surface area contributed by atoms with E-state index in [1.807, 2.05) is 0 Å². The maximum atomic E-state index is 13.0. The number of benzene rings is 1. The third kappa shape index (κ3) is 3.15. The van der Waals surface area contributed by atoms with E-state index in [9.17, 15) is 27.9 Å². The molecule has 1 N–H and O–H groups in total. The van der Waals surface area contributed by atoms with Gasteiger partial charge in [-0.25, -0.2) is 4.79 Å². The van der Waals surface area contributed by atoms with Crippen LogP contribution in [-0.4, -0.2) is 15.6 Å². The zero-order valence-electron chi connectivity index (χ0n) is 13.4. The molecule has 8 heteroatoms. The summed E-state index contributed by atoms with van der Waals surface area (Å²) in [6, 6.07) is 7.25. The third-order valence-electron chi connectivity index (χ3n) is 3.94. The van der Waals surface area contributed by atoms with E-state index >= 15 is 0 Å². The van der Waals surface area contributed by atoms with Gasteiger partial charge in [0.15, 0.2) is 0 Å². The van der Waals surface area contributed by atoms with Crippen molar-refractivity contribution in [3.63, 3.8) is 0 Å². The van der Waals surface area contributed by atoms with Crippen molar-refractivity contribution in [2.45, 2.75) is 13.1 Å². The SMILES string of the molecule is Cc1c(-c2ccsc2)cc(C(=O)O)c(=O)n1-c1cccc(C(F)(F)F)c1. The van der Waals surface area contributed by atoms with E-state index in [4.69, 9.17) is 0 Å². The second kappa shape index (κ2) is 6.45. The summed E-state index contributed by atoms with van der Waals surface area (Å²) in [5.74, 6) is -1.44. The summed E-state index contributed by atoms with van der Waals surface area (Å²) in [6.45, 7) is 1.57. The van der Waals surface area contributed by atoms with Crippen LogP contribution in [0, 0.1) is 6.92 Å². The number of aromatic carboxylic acids is 1. The number of pyridine rings is 1. The van der Waals surface area contributed by atoms with Crippen LogP contribution in [0.25, 0.3) is 16.8 Å². The van der Waals surface area contributed by atoms with Gasteiger partial charge in [0.25, 0.3) is 5.56 Å². The molecular formula is C18H12F3NO3S. The van der Waals surface area contributed by atoms with Crippen molar-refractivity contribution in [3.8, 4) is 16.8 Å². The number of rotatable bonds is 3. The Morgan fingerprint density at radius 2 is 1.92 bits per heavy atom. The first-order valence-corrected chi connectivity index (χ1v) is 8.34. The Hall–Kier alpha value is -2.87. The summed E-state index contributed by atoms with van der Waals surface area (Å²) in [7, 11) is 0. The smallest absolute Gasteiger partial charge is 0.416 e. The van der Waals surface area contributed by atoms with E-state index in [-0.39, 0.29) is 5.69 Å². The molecule has 0 aliphatic rings. The second-order valence-corrected chi connectivity index (χ2v) is 6.34. The maximum absolute atomic E-state index is 13.0. The Labute approximate surface area is 149 Å². The van der Waals surface area contributed by atoms with Crippen molar-refractivity contribution in [3.05, 3.63) is 74.3 Å². The van der Waals surface area contributed by atoms with Crippen LogP contribution in [0.4, 0.5) is 13.2 Å². The minimum absolute atomic E-state index is 0.0399. The number of thiophene rings is 1. The molecule has 134 valence electrons. The van der Waals surface area contributed by atoms with Gasteiger partial charge in [0, 0.05) is 16.9 Å². The minimum Gasteiger partial charge on any atom is -0.477 e. The summed E-state index contributed by atoms with van der Waals surface area (Å²) in [6.07, 6.45) is -4.58. The lowest BCUT2D eigenvalue weighted by molar-refractivity contribution is -0.137.